The van der Waals surface area contributed by atoms with E-state index in [0.29, 0.717) is 6.54 Å². The molecule has 1 aromatic rings. The molecule has 0 amide bonds. The van der Waals surface area contributed by atoms with Crippen LogP contribution >= 0.6 is 0 Å². The number of hydrogen-bond acceptors (Lipinski definition) is 5. The van der Waals surface area contributed by atoms with Gasteiger partial charge in [0.05, 0.1) is 11.4 Å². The molecule has 0 aliphatic carbocycles. The third-order valence-corrected chi connectivity index (χ3v) is 3.79. The first-order chi connectivity index (χ1) is 9.67. The van der Waals surface area contributed by atoms with Crippen molar-refractivity contribution in [3.05, 3.63) is 29.6 Å². The molecule has 1 fully saturated rings. The van der Waals surface area contributed by atoms with Crippen LogP contribution in [0.3, 0.4) is 0 Å². The van der Waals surface area contributed by atoms with Crippen molar-refractivity contribution in [2.75, 3.05) is 53.4 Å². The van der Waals surface area contributed by atoms with Gasteiger partial charge in [0.25, 0.3) is 0 Å². The standard InChI is InChI=1S/C15H27N5/c1-18(2)6-7-19-8-10-20(11-9-19)13-15-5-3-4-14(12-16)17-15/h3-5H,6-13,16H2,1-2H3. The normalized spacial score (nSPS) is 17.8. The summed E-state index contributed by atoms with van der Waals surface area (Å²) in [5, 5.41) is 0. The zero-order valence-electron chi connectivity index (χ0n) is 12.8. The van der Waals surface area contributed by atoms with Crippen LogP contribution in [-0.4, -0.2) is 73.0 Å². The van der Waals surface area contributed by atoms with Crippen molar-refractivity contribution >= 4 is 0 Å². The Morgan fingerprint density at radius 1 is 1.10 bits per heavy atom. The van der Waals surface area contributed by atoms with Crippen LogP contribution < -0.4 is 5.73 Å². The fourth-order valence-electron chi connectivity index (χ4n) is 2.47. The Balaban J connectivity index is 1.76. The van der Waals surface area contributed by atoms with Gasteiger partial charge in [0, 0.05) is 52.4 Å². The largest absolute Gasteiger partial charge is 0.325 e. The maximum absolute atomic E-state index is 5.64. The lowest BCUT2D eigenvalue weighted by Crippen LogP contribution is -2.47. The van der Waals surface area contributed by atoms with E-state index in [-0.39, 0.29) is 0 Å². The molecule has 5 heteroatoms. The van der Waals surface area contributed by atoms with Crippen LogP contribution in [0.1, 0.15) is 11.4 Å². The Kier molecular flexibility index (Phi) is 5.91. The van der Waals surface area contributed by atoms with Crippen molar-refractivity contribution in [2.45, 2.75) is 13.1 Å². The van der Waals surface area contributed by atoms with E-state index in [4.69, 9.17) is 5.73 Å². The Morgan fingerprint density at radius 2 is 1.75 bits per heavy atom. The molecule has 20 heavy (non-hydrogen) atoms. The molecule has 1 aliphatic heterocycles. The van der Waals surface area contributed by atoms with Crippen LogP contribution in [0.2, 0.25) is 0 Å². The summed E-state index contributed by atoms with van der Waals surface area (Å²) in [5.74, 6) is 0. The zero-order chi connectivity index (χ0) is 14.4. The Bertz CT molecular complexity index is 399. The lowest BCUT2D eigenvalue weighted by atomic mass is 10.2. The minimum absolute atomic E-state index is 0.520. The predicted octanol–water partition coefficient (Wildman–Crippen LogP) is 0.220. The van der Waals surface area contributed by atoms with E-state index >= 15 is 0 Å². The minimum Gasteiger partial charge on any atom is -0.325 e. The average Bonchev–Trinajstić information content (AvgIpc) is 2.47. The molecule has 2 N–H and O–H groups in total. The molecule has 0 aromatic carbocycles. The van der Waals surface area contributed by atoms with Gasteiger partial charge in [0.2, 0.25) is 0 Å². The number of nitrogens with two attached hydrogens (primary N) is 1. The molecule has 2 heterocycles. The van der Waals surface area contributed by atoms with Crippen molar-refractivity contribution < 1.29 is 0 Å². The lowest BCUT2D eigenvalue weighted by Gasteiger charge is -2.35. The second-order valence-electron chi connectivity index (χ2n) is 5.75. The van der Waals surface area contributed by atoms with E-state index in [9.17, 15) is 0 Å². The summed E-state index contributed by atoms with van der Waals surface area (Å²) >= 11 is 0. The lowest BCUT2D eigenvalue weighted by molar-refractivity contribution is 0.119. The van der Waals surface area contributed by atoms with E-state index in [1.165, 1.54) is 6.54 Å². The highest BCUT2D eigenvalue weighted by Gasteiger charge is 2.17. The van der Waals surface area contributed by atoms with Gasteiger partial charge in [0.1, 0.15) is 0 Å². The summed E-state index contributed by atoms with van der Waals surface area (Å²) in [4.78, 5) is 11.8. The van der Waals surface area contributed by atoms with E-state index in [2.05, 4.69) is 45.9 Å². The fraction of sp³-hybridized carbons (Fsp3) is 0.667. The highest BCUT2D eigenvalue weighted by Crippen LogP contribution is 2.07. The van der Waals surface area contributed by atoms with E-state index < -0.39 is 0 Å². The molecule has 2 rings (SSSR count). The number of hydrogen-bond donors (Lipinski definition) is 1. The monoisotopic (exact) mass is 277 g/mol. The van der Waals surface area contributed by atoms with E-state index in [0.717, 1.165) is 50.7 Å². The summed E-state index contributed by atoms with van der Waals surface area (Å²) in [7, 11) is 4.26. The highest BCUT2D eigenvalue weighted by molar-refractivity contribution is 5.11. The minimum atomic E-state index is 0.520. The second-order valence-corrected chi connectivity index (χ2v) is 5.75. The molecule has 1 aromatic heterocycles. The number of rotatable bonds is 6. The third kappa shape index (κ3) is 4.83. The summed E-state index contributed by atoms with van der Waals surface area (Å²) < 4.78 is 0. The molecule has 0 radical (unpaired) electrons. The number of pyridine rings is 1. The number of likely N-dealkylation sites (N-methyl/N-ethyl adjacent to an activating group) is 1. The van der Waals surface area contributed by atoms with Gasteiger partial charge in [-0.3, -0.25) is 14.8 Å². The fourth-order valence-corrected chi connectivity index (χ4v) is 2.47. The summed E-state index contributed by atoms with van der Waals surface area (Å²) in [6, 6.07) is 6.14. The van der Waals surface area contributed by atoms with Gasteiger partial charge >= 0.3 is 0 Å². The Hall–Kier alpha value is -1.01. The van der Waals surface area contributed by atoms with Crippen molar-refractivity contribution in [1.29, 1.82) is 0 Å². The van der Waals surface area contributed by atoms with Gasteiger partial charge in [0.15, 0.2) is 0 Å². The number of nitrogens with zero attached hydrogens (tertiary/aromatic N) is 4. The van der Waals surface area contributed by atoms with Crippen LogP contribution in [0.5, 0.6) is 0 Å². The molecule has 0 saturated carbocycles. The quantitative estimate of drug-likeness (QED) is 0.806. The van der Waals surface area contributed by atoms with Crippen LogP contribution in [-0.2, 0) is 13.1 Å². The maximum Gasteiger partial charge on any atom is 0.0547 e. The Morgan fingerprint density at radius 3 is 2.40 bits per heavy atom. The van der Waals surface area contributed by atoms with Gasteiger partial charge in [-0.25, -0.2) is 0 Å². The third-order valence-electron chi connectivity index (χ3n) is 3.79. The maximum atomic E-state index is 5.64. The SMILES string of the molecule is CN(C)CCN1CCN(Cc2cccc(CN)n2)CC1. The van der Waals surface area contributed by atoms with Crippen molar-refractivity contribution in [3.8, 4) is 0 Å². The van der Waals surface area contributed by atoms with Gasteiger partial charge in [-0.15, -0.1) is 0 Å². The first-order valence-electron chi connectivity index (χ1n) is 7.41. The smallest absolute Gasteiger partial charge is 0.0547 e. The molecule has 5 nitrogen and oxygen atoms in total. The molecular formula is C15H27N5. The van der Waals surface area contributed by atoms with Crippen molar-refractivity contribution in [3.63, 3.8) is 0 Å². The molecule has 1 saturated heterocycles. The predicted molar refractivity (Wildman–Crippen MR) is 82.4 cm³/mol. The van der Waals surface area contributed by atoms with Crippen molar-refractivity contribution in [1.82, 2.24) is 19.7 Å². The van der Waals surface area contributed by atoms with E-state index in [1.807, 2.05) is 6.07 Å². The molecule has 0 atom stereocenters. The number of aromatic nitrogens is 1. The van der Waals surface area contributed by atoms with E-state index in [1.54, 1.807) is 0 Å². The zero-order valence-corrected chi connectivity index (χ0v) is 12.8. The molecule has 0 unspecified atom stereocenters. The second kappa shape index (κ2) is 7.69. The van der Waals surface area contributed by atoms with Crippen LogP contribution in [0.4, 0.5) is 0 Å². The molecule has 0 spiro atoms. The summed E-state index contributed by atoms with van der Waals surface area (Å²) in [6.45, 7) is 8.34. The first kappa shape index (κ1) is 15.4. The number of piperazine rings is 1. The van der Waals surface area contributed by atoms with Gasteiger partial charge < -0.3 is 10.6 Å². The van der Waals surface area contributed by atoms with Gasteiger partial charge in [-0.05, 0) is 26.2 Å². The average molecular weight is 277 g/mol. The molecule has 0 bridgehead atoms. The molecule has 112 valence electrons. The van der Waals surface area contributed by atoms with Crippen LogP contribution in [0, 0.1) is 0 Å². The van der Waals surface area contributed by atoms with Gasteiger partial charge in [-0.1, -0.05) is 6.07 Å². The summed E-state index contributed by atoms with van der Waals surface area (Å²) in [6.07, 6.45) is 0. The topological polar surface area (TPSA) is 48.6 Å². The molecular weight excluding hydrogens is 250 g/mol. The van der Waals surface area contributed by atoms with Crippen LogP contribution in [0.25, 0.3) is 0 Å². The van der Waals surface area contributed by atoms with Crippen molar-refractivity contribution in [2.24, 2.45) is 5.73 Å². The highest BCUT2D eigenvalue weighted by atomic mass is 15.3. The van der Waals surface area contributed by atoms with Crippen LogP contribution in [0.15, 0.2) is 18.2 Å². The Labute approximate surface area is 122 Å². The van der Waals surface area contributed by atoms with Gasteiger partial charge in [-0.2, -0.15) is 0 Å². The first-order valence-corrected chi connectivity index (χ1v) is 7.41. The molecule has 1 aliphatic rings. The summed E-state index contributed by atoms with van der Waals surface area (Å²) in [5.41, 5.74) is 7.75.